The van der Waals surface area contributed by atoms with Crippen molar-refractivity contribution >= 4 is 30.1 Å². The first-order valence-corrected chi connectivity index (χ1v) is 8.51. The number of likely N-dealkylation sites (N-methyl/N-ethyl adjacent to an activating group) is 1. The van der Waals surface area contributed by atoms with Crippen molar-refractivity contribution in [1.29, 1.82) is 0 Å². The summed E-state index contributed by atoms with van der Waals surface area (Å²) in [6, 6.07) is 13.9. The van der Waals surface area contributed by atoms with Gasteiger partial charge in [-0.2, -0.15) is 0 Å². The van der Waals surface area contributed by atoms with E-state index in [1.54, 1.807) is 48.5 Å². The zero-order valence-corrected chi connectivity index (χ0v) is 16.0. The van der Waals surface area contributed by atoms with Crippen LogP contribution < -0.4 is 10.6 Å². The first-order chi connectivity index (χ1) is 12.5. The molecule has 0 saturated carbocycles. The van der Waals surface area contributed by atoms with Gasteiger partial charge in [0.05, 0.1) is 17.7 Å². The van der Waals surface area contributed by atoms with Crippen LogP contribution in [0.1, 0.15) is 43.6 Å². The second-order valence-corrected chi connectivity index (χ2v) is 6.34. The van der Waals surface area contributed by atoms with Crippen LogP contribution in [-0.2, 0) is 6.54 Å². The third kappa shape index (κ3) is 4.35. The Morgan fingerprint density at radius 1 is 1.04 bits per heavy atom. The van der Waals surface area contributed by atoms with Crippen LogP contribution in [0.2, 0.25) is 0 Å². The van der Waals surface area contributed by atoms with E-state index in [0.717, 1.165) is 5.56 Å². The number of imide groups is 1. The van der Waals surface area contributed by atoms with Gasteiger partial charge < -0.3 is 10.6 Å². The van der Waals surface area contributed by atoms with Crippen LogP contribution in [0.15, 0.2) is 48.5 Å². The Bertz CT molecular complexity index is 834. The lowest BCUT2D eigenvalue weighted by Gasteiger charge is -2.15. The Morgan fingerprint density at radius 3 is 2.26 bits per heavy atom. The van der Waals surface area contributed by atoms with Gasteiger partial charge in [0, 0.05) is 18.2 Å². The van der Waals surface area contributed by atoms with E-state index in [4.69, 9.17) is 0 Å². The van der Waals surface area contributed by atoms with Crippen LogP contribution in [-0.4, -0.2) is 42.3 Å². The SMILES string of the molecule is CNC(C)CNC(=O)c1cccc(CN2C(=O)c3ccccc3C2=O)c1.Cl. The van der Waals surface area contributed by atoms with E-state index >= 15 is 0 Å². The third-order valence-corrected chi connectivity index (χ3v) is 4.47. The summed E-state index contributed by atoms with van der Waals surface area (Å²) in [6.45, 7) is 2.62. The summed E-state index contributed by atoms with van der Waals surface area (Å²) in [5, 5.41) is 5.91. The summed E-state index contributed by atoms with van der Waals surface area (Å²) in [5.74, 6) is -0.789. The number of carbonyl (C=O) groups excluding carboxylic acids is 3. The van der Waals surface area contributed by atoms with Crippen molar-refractivity contribution in [2.24, 2.45) is 0 Å². The van der Waals surface area contributed by atoms with Crippen molar-refractivity contribution in [3.8, 4) is 0 Å². The quantitative estimate of drug-likeness (QED) is 0.745. The number of hydrogen-bond acceptors (Lipinski definition) is 4. The molecular formula is C20H22ClN3O3. The summed E-state index contributed by atoms with van der Waals surface area (Å²) >= 11 is 0. The van der Waals surface area contributed by atoms with Crippen molar-refractivity contribution < 1.29 is 14.4 Å². The Hall–Kier alpha value is -2.70. The van der Waals surface area contributed by atoms with Crippen molar-refractivity contribution in [2.45, 2.75) is 19.5 Å². The predicted molar refractivity (Wildman–Crippen MR) is 105 cm³/mol. The van der Waals surface area contributed by atoms with E-state index < -0.39 is 0 Å². The number of amides is 3. The Labute approximate surface area is 164 Å². The minimum absolute atomic E-state index is 0. The number of benzene rings is 2. The molecule has 7 heteroatoms. The molecule has 1 unspecified atom stereocenters. The second kappa shape index (κ2) is 8.79. The predicted octanol–water partition coefficient (Wildman–Crippen LogP) is 2.24. The Kier molecular flexibility index (Phi) is 6.71. The van der Waals surface area contributed by atoms with E-state index in [9.17, 15) is 14.4 Å². The molecule has 2 aromatic rings. The summed E-state index contributed by atoms with van der Waals surface area (Å²) in [6.07, 6.45) is 0. The molecule has 3 rings (SSSR count). The molecule has 0 aromatic heterocycles. The number of nitrogens with one attached hydrogen (secondary N) is 2. The van der Waals surface area contributed by atoms with Crippen LogP contribution in [0, 0.1) is 0 Å². The van der Waals surface area contributed by atoms with Gasteiger partial charge in [-0.05, 0) is 43.8 Å². The van der Waals surface area contributed by atoms with Crippen molar-refractivity contribution in [1.82, 2.24) is 15.5 Å². The molecule has 2 N–H and O–H groups in total. The number of fused-ring (bicyclic) bond motifs is 1. The van der Waals surface area contributed by atoms with Gasteiger partial charge in [-0.3, -0.25) is 19.3 Å². The molecule has 1 aliphatic rings. The molecule has 0 saturated heterocycles. The van der Waals surface area contributed by atoms with Crippen molar-refractivity contribution in [2.75, 3.05) is 13.6 Å². The van der Waals surface area contributed by atoms with Gasteiger partial charge in [-0.1, -0.05) is 24.3 Å². The Balaban J connectivity index is 0.00000261. The molecule has 0 spiro atoms. The van der Waals surface area contributed by atoms with E-state index in [2.05, 4.69) is 10.6 Å². The maximum absolute atomic E-state index is 12.5. The van der Waals surface area contributed by atoms with Crippen LogP contribution >= 0.6 is 12.4 Å². The van der Waals surface area contributed by atoms with Gasteiger partial charge in [-0.25, -0.2) is 0 Å². The van der Waals surface area contributed by atoms with Gasteiger partial charge in [0.25, 0.3) is 17.7 Å². The summed E-state index contributed by atoms with van der Waals surface area (Å²) in [7, 11) is 1.83. The standard InChI is InChI=1S/C20H21N3O3.ClH/c1-13(21-2)11-22-18(24)15-7-5-6-14(10-15)12-23-19(25)16-8-3-4-9-17(16)20(23)26;/h3-10,13,21H,11-12H2,1-2H3,(H,22,24);1H. The highest BCUT2D eigenvalue weighted by atomic mass is 35.5. The lowest BCUT2D eigenvalue weighted by Crippen LogP contribution is -2.37. The number of hydrogen-bond donors (Lipinski definition) is 2. The highest BCUT2D eigenvalue weighted by molar-refractivity contribution is 6.21. The molecular weight excluding hydrogens is 366 g/mol. The molecule has 2 aromatic carbocycles. The monoisotopic (exact) mass is 387 g/mol. The topological polar surface area (TPSA) is 78.5 Å². The highest BCUT2D eigenvalue weighted by Crippen LogP contribution is 2.24. The molecule has 1 heterocycles. The average Bonchev–Trinajstić information content (AvgIpc) is 2.91. The molecule has 6 nitrogen and oxygen atoms in total. The molecule has 0 aliphatic carbocycles. The van der Waals surface area contributed by atoms with E-state index in [0.29, 0.717) is 23.2 Å². The molecule has 3 amide bonds. The number of rotatable bonds is 6. The number of carbonyl (C=O) groups is 3. The highest BCUT2D eigenvalue weighted by Gasteiger charge is 2.34. The largest absolute Gasteiger partial charge is 0.350 e. The zero-order valence-electron chi connectivity index (χ0n) is 15.2. The molecule has 0 bridgehead atoms. The van der Waals surface area contributed by atoms with E-state index in [1.165, 1.54) is 4.90 Å². The van der Waals surface area contributed by atoms with E-state index in [-0.39, 0.29) is 42.7 Å². The smallest absolute Gasteiger partial charge is 0.261 e. The molecule has 0 fully saturated rings. The van der Waals surface area contributed by atoms with Gasteiger partial charge in [0.2, 0.25) is 0 Å². The van der Waals surface area contributed by atoms with Gasteiger partial charge in [0.1, 0.15) is 0 Å². The van der Waals surface area contributed by atoms with Crippen LogP contribution in [0.3, 0.4) is 0 Å². The number of nitrogens with zero attached hydrogens (tertiary/aromatic N) is 1. The minimum atomic E-state index is -0.303. The summed E-state index contributed by atoms with van der Waals surface area (Å²) in [5.41, 5.74) is 2.08. The van der Waals surface area contributed by atoms with Crippen LogP contribution in [0.5, 0.6) is 0 Å². The Morgan fingerprint density at radius 2 is 1.67 bits per heavy atom. The summed E-state index contributed by atoms with van der Waals surface area (Å²) in [4.78, 5) is 38.4. The zero-order chi connectivity index (χ0) is 18.7. The molecule has 1 atom stereocenters. The first kappa shape index (κ1) is 20.6. The average molecular weight is 388 g/mol. The lowest BCUT2D eigenvalue weighted by molar-refractivity contribution is 0.0642. The van der Waals surface area contributed by atoms with Gasteiger partial charge in [0.15, 0.2) is 0 Å². The van der Waals surface area contributed by atoms with E-state index in [1.807, 2.05) is 14.0 Å². The van der Waals surface area contributed by atoms with Gasteiger partial charge >= 0.3 is 0 Å². The lowest BCUT2D eigenvalue weighted by atomic mass is 10.1. The maximum atomic E-state index is 12.5. The maximum Gasteiger partial charge on any atom is 0.261 e. The first-order valence-electron chi connectivity index (χ1n) is 8.51. The minimum Gasteiger partial charge on any atom is -0.350 e. The summed E-state index contributed by atoms with van der Waals surface area (Å²) < 4.78 is 0. The second-order valence-electron chi connectivity index (χ2n) is 6.34. The van der Waals surface area contributed by atoms with Crippen LogP contribution in [0.4, 0.5) is 0 Å². The van der Waals surface area contributed by atoms with Gasteiger partial charge in [-0.15, -0.1) is 12.4 Å². The fraction of sp³-hybridized carbons (Fsp3) is 0.250. The van der Waals surface area contributed by atoms with Crippen LogP contribution in [0.25, 0.3) is 0 Å². The molecule has 1 aliphatic heterocycles. The molecule has 27 heavy (non-hydrogen) atoms. The normalized spacial score (nSPS) is 13.8. The van der Waals surface area contributed by atoms with Crippen molar-refractivity contribution in [3.05, 3.63) is 70.8 Å². The fourth-order valence-electron chi connectivity index (χ4n) is 2.83. The van der Waals surface area contributed by atoms with Crippen molar-refractivity contribution in [3.63, 3.8) is 0 Å². The number of halogens is 1. The molecule has 142 valence electrons. The molecule has 0 radical (unpaired) electrons. The third-order valence-electron chi connectivity index (χ3n) is 4.47. The fourth-order valence-corrected chi connectivity index (χ4v) is 2.83.